The highest BCUT2D eigenvalue weighted by Crippen LogP contribution is 2.37. The number of benzene rings is 2. The third-order valence-electron chi connectivity index (χ3n) is 2.90. The molecule has 0 aliphatic carbocycles. The van der Waals surface area contributed by atoms with Gasteiger partial charge in [-0.1, -0.05) is 23.2 Å². The highest BCUT2D eigenvalue weighted by atomic mass is 35.5. The van der Waals surface area contributed by atoms with Crippen molar-refractivity contribution in [2.24, 2.45) is 0 Å². The molecule has 0 atom stereocenters. The van der Waals surface area contributed by atoms with Crippen LogP contribution >= 0.6 is 34.5 Å². The molecule has 0 saturated heterocycles. The van der Waals surface area contributed by atoms with Crippen LogP contribution in [0.1, 0.15) is 15.2 Å². The predicted molar refractivity (Wildman–Crippen MR) is 81.7 cm³/mol. The number of carbonyl (C=O) groups excluding carboxylic acids is 1. The second kappa shape index (κ2) is 5.17. The van der Waals surface area contributed by atoms with Gasteiger partial charge in [-0.15, -0.1) is 11.3 Å². The van der Waals surface area contributed by atoms with E-state index in [-0.39, 0.29) is 11.6 Å². The summed E-state index contributed by atoms with van der Waals surface area (Å²) in [5.74, 6) is -0.533. The Kier molecular flexibility index (Phi) is 3.50. The molecule has 1 aromatic heterocycles. The maximum Gasteiger partial charge on any atom is 0.204 e. The summed E-state index contributed by atoms with van der Waals surface area (Å²) < 4.78 is 13.9. The Hall–Kier alpha value is -1.42. The van der Waals surface area contributed by atoms with Crippen LogP contribution < -0.4 is 0 Å². The van der Waals surface area contributed by atoms with E-state index < -0.39 is 0 Å². The lowest BCUT2D eigenvalue weighted by Crippen LogP contribution is -1.98. The monoisotopic (exact) mass is 324 g/mol. The second-order valence-electron chi connectivity index (χ2n) is 4.22. The molecule has 100 valence electrons. The van der Waals surface area contributed by atoms with Crippen molar-refractivity contribution in [2.45, 2.75) is 0 Å². The molecule has 0 saturated carbocycles. The summed E-state index contributed by atoms with van der Waals surface area (Å²) in [5.41, 5.74) is 0.503. The summed E-state index contributed by atoms with van der Waals surface area (Å²) in [6, 6.07) is 10.9. The third kappa shape index (κ3) is 2.33. The van der Waals surface area contributed by atoms with E-state index in [9.17, 15) is 9.18 Å². The smallest absolute Gasteiger partial charge is 0.204 e. The van der Waals surface area contributed by atoms with Crippen molar-refractivity contribution in [3.63, 3.8) is 0 Å². The van der Waals surface area contributed by atoms with E-state index in [1.807, 2.05) is 0 Å². The molecule has 0 spiro atoms. The van der Waals surface area contributed by atoms with Crippen LogP contribution in [-0.4, -0.2) is 5.78 Å². The zero-order valence-corrected chi connectivity index (χ0v) is 12.3. The van der Waals surface area contributed by atoms with Gasteiger partial charge in [0, 0.05) is 20.7 Å². The first kappa shape index (κ1) is 13.6. The van der Waals surface area contributed by atoms with Crippen LogP contribution in [0.2, 0.25) is 10.0 Å². The van der Waals surface area contributed by atoms with Gasteiger partial charge < -0.3 is 0 Å². The first-order chi connectivity index (χ1) is 9.56. The van der Waals surface area contributed by atoms with Gasteiger partial charge in [-0.3, -0.25) is 4.79 Å². The summed E-state index contributed by atoms with van der Waals surface area (Å²) in [6.45, 7) is 0. The Labute approximate surface area is 128 Å². The number of carbonyl (C=O) groups is 1. The van der Waals surface area contributed by atoms with Crippen LogP contribution in [0.4, 0.5) is 4.39 Å². The van der Waals surface area contributed by atoms with E-state index >= 15 is 0 Å². The zero-order valence-electron chi connectivity index (χ0n) is 9.99. The molecule has 0 bridgehead atoms. The number of hydrogen-bond donors (Lipinski definition) is 0. The predicted octanol–water partition coefficient (Wildman–Crippen LogP) is 5.58. The van der Waals surface area contributed by atoms with E-state index in [1.54, 1.807) is 30.3 Å². The van der Waals surface area contributed by atoms with Gasteiger partial charge >= 0.3 is 0 Å². The van der Waals surface area contributed by atoms with Crippen molar-refractivity contribution in [3.05, 3.63) is 68.8 Å². The molecule has 0 fully saturated rings. The average molecular weight is 325 g/mol. The molecule has 5 heteroatoms. The summed E-state index contributed by atoms with van der Waals surface area (Å²) in [7, 11) is 0. The van der Waals surface area contributed by atoms with Crippen molar-refractivity contribution in [1.29, 1.82) is 0 Å². The van der Waals surface area contributed by atoms with Gasteiger partial charge in [-0.05, 0) is 42.5 Å². The zero-order chi connectivity index (χ0) is 14.3. The van der Waals surface area contributed by atoms with Crippen molar-refractivity contribution in [2.75, 3.05) is 0 Å². The minimum Gasteiger partial charge on any atom is -0.288 e. The van der Waals surface area contributed by atoms with Crippen LogP contribution in [0.15, 0.2) is 42.5 Å². The van der Waals surface area contributed by atoms with E-state index in [2.05, 4.69) is 0 Å². The lowest BCUT2D eigenvalue weighted by molar-refractivity contribution is 0.104. The Morgan fingerprint density at radius 2 is 1.75 bits per heavy atom. The molecule has 0 aliphatic rings. The van der Waals surface area contributed by atoms with Crippen LogP contribution in [0.25, 0.3) is 10.1 Å². The van der Waals surface area contributed by atoms with Crippen LogP contribution in [0.3, 0.4) is 0 Å². The fourth-order valence-electron chi connectivity index (χ4n) is 1.92. The first-order valence-electron chi connectivity index (χ1n) is 5.74. The number of rotatable bonds is 2. The number of thiophene rings is 1. The minimum atomic E-state index is -0.346. The number of halogens is 3. The molecule has 1 heterocycles. The summed E-state index contributed by atoms with van der Waals surface area (Å²) in [4.78, 5) is 12.8. The van der Waals surface area contributed by atoms with Gasteiger partial charge in [0.25, 0.3) is 0 Å². The number of hydrogen-bond acceptors (Lipinski definition) is 2. The van der Waals surface area contributed by atoms with Crippen LogP contribution in [0.5, 0.6) is 0 Å². The maximum absolute atomic E-state index is 13.2. The molecule has 0 radical (unpaired) electrons. The fourth-order valence-corrected chi connectivity index (χ4v) is 3.55. The lowest BCUT2D eigenvalue weighted by Gasteiger charge is -1.99. The summed E-state index contributed by atoms with van der Waals surface area (Å²) in [6.07, 6.45) is 0. The van der Waals surface area contributed by atoms with Gasteiger partial charge in [0.2, 0.25) is 5.78 Å². The summed E-state index contributed by atoms with van der Waals surface area (Å²) >= 11 is 13.2. The quantitative estimate of drug-likeness (QED) is 0.562. The van der Waals surface area contributed by atoms with E-state index in [4.69, 9.17) is 23.2 Å². The van der Waals surface area contributed by atoms with Crippen molar-refractivity contribution < 1.29 is 9.18 Å². The average Bonchev–Trinajstić information content (AvgIpc) is 2.75. The Balaban J connectivity index is 2.12. The van der Waals surface area contributed by atoms with Gasteiger partial charge in [0.15, 0.2) is 0 Å². The molecular weight excluding hydrogens is 318 g/mol. The van der Waals surface area contributed by atoms with Gasteiger partial charge in [-0.25, -0.2) is 4.39 Å². The van der Waals surface area contributed by atoms with E-state index in [1.165, 1.54) is 23.5 Å². The minimum absolute atomic E-state index is 0.187. The molecule has 20 heavy (non-hydrogen) atoms. The molecule has 0 aliphatic heterocycles. The van der Waals surface area contributed by atoms with Crippen molar-refractivity contribution >= 4 is 50.4 Å². The molecule has 0 unspecified atom stereocenters. The normalized spacial score (nSPS) is 10.9. The molecule has 0 N–H and O–H groups in total. The molecule has 0 amide bonds. The molecule has 3 rings (SSSR count). The topological polar surface area (TPSA) is 17.1 Å². The lowest BCUT2D eigenvalue weighted by atomic mass is 10.1. The van der Waals surface area contributed by atoms with Gasteiger partial charge in [-0.2, -0.15) is 0 Å². The van der Waals surface area contributed by atoms with Crippen molar-refractivity contribution in [1.82, 2.24) is 0 Å². The molecule has 3 aromatic rings. The Bertz CT molecular complexity index is 809. The Morgan fingerprint density at radius 3 is 2.45 bits per heavy atom. The standard InChI is InChI=1S/C15H7Cl2FOS/c16-9-3-1-8(2-4-9)14(19)15-13(17)11-6-5-10(18)7-12(11)20-15/h1-7H. The van der Waals surface area contributed by atoms with Crippen LogP contribution in [-0.2, 0) is 0 Å². The van der Waals surface area contributed by atoms with Gasteiger partial charge in [0.05, 0.1) is 9.90 Å². The largest absolute Gasteiger partial charge is 0.288 e. The molecule has 2 aromatic carbocycles. The molecular formula is C15H7Cl2FOS. The Morgan fingerprint density at radius 1 is 1.05 bits per heavy atom. The van der Waals surface area contributed by atoms with Crippen LogP contribution in [0, 0.1) is 5.82 Å². The fraction of sp³-hybridized carbons (Fsp3) is 0. The SMILES string of the molecule is O=C(c1ccc(Cl)cc1)c1sc2cc(F)ccc2c1Cl. The summed E-state index contributed by atoms with van der Waals surface area (Å²) in [5, 5.41) is 1.62. The van der Waals surface area contributed by atoms with E-state index in [0.29, 0.717) is 30.6 Å². The first-order valence-corrected chi connectivity index (χ1v) is 7.31. The number of ketones is 1. The highest BCUT2D eigenvalue weighted by molar-refractivity contribution is 7.21. The van der Waals surface area contributed by atoms with Crippen molar-refractivity contribution in [3.8, 4) is 0 Å². The molecule has 1 nitrogen and oxygen atoms in total. The van der Waals surface area contributed by atoms with E-state index in [0.717, 1.165) is 0 Å². The van der Waals surface area contributed by atoms with Gasteiger partial charge in [0.1, 0.15) is 5.82 Å². The maximum atomic E-state index is 13.2. The highest BCUT2D eigenvalue weighted by Gasteiger charge is 2.18. The third-order valence-corrected chi connectivity index (χ3v) is 4.81. The number of fused-ring (bicyclic) bond motifs is 1. The second-order valence-corrected chi connectivity index (χ2v) is 6.09.